The maximum Gasteiger partial charge on any atom is 0.164 e. The molecule has 108 valence electrons. The number of phenolic OH excluding ortho intramolecular Hbond substituents is 2. The lowest BCUT2D eigenvalue weighted by atomic mass is 9.94. The summed E-state index contributed by atoms with van der Waals surface area (Å²) in [6, 6.07) is 9.38. The second kappa shape index (κ2) is 5.03. The lowest BCUT2D eigenvalue weighted by molar-refractivity contribution is 0.223. The van der Waals surface area contributed by atoms with Crippen LogP contribution in [0.1, 0.15) is 17.2 Å². The second-order valence-corrected chi connectivity index (χ2v) is 4.70. The number of aliphatic hydroxyl groups excluding tert-OH is 1. The molecule has 1 unspecified atom stereocenters. The van der Waals surface area contributed by atoms with Crippen LogP contribution in [0.3, 0.4) is 0 Å². The number of aromatic hydroxyl groups is 2. The molecule has 0 amide bonds. The zero-order valence-corrected chi connectivity index (χ0v) is 11.3. The average molecular weight is 286 g/mol. The van der Waals surface area contributed by atoms with E-state index in [9.17, 15) is 15.3 Å². The van der Waals surface area contributed by atoms with Crippen LogP contribution < -0.4 is 9.47 Å². The molecule has 0 saturated carbocycles. The predicted molar refractivity (Wildman–Crippen MR) is 76.3 cm³/mol. The van der Waals surface area contributed by atoms with Gasteiger partial charge in [-0.1, -0.05) is 12.1 Å². The van der Waals surface area contributed by atoms with Crippen molar-refractivity contribution in [1.29, 1.82) is 0 Å². The number of methoxy groups -OCH3 is 1. The smallest absolute Gasteiger partial charge is 0.164 e. The van der Waals surface area contributed by atoms with E-state index in [4.69, 9.17) is 9.47 Å². The average Bonchev–Trinajstić information content (AvgIpc) is 2.49. The van der Waals surface area contributed by atoms with Crippen LogP contribution in [0.15, 0.2) is 42.7 Å². The fourth-order valence-corrected chi connectivity index (χ4v) is 2.28. The van der Waals surface area contributed by atoms with Crippen molar-refractivity contribution >= 4 is 5.57 Å². The quantitative estimate of drug-likeness (QED) is 0.790. The lowest BCUT2D eigenvalue weighted by Crippen LogP contribution is -2.09. The van der Waals surface area contributed by atoms with Crippen LogP contribution in [0.25, 0.3) is 5.57 Å². The molecule has 2 aromatic carbocycles. The summed E-state index contributed by atoms with van der Waals surface area (Å²) in [5.74, 6) is 0.793. The standard InChI is InChI=1S/C16H14O5/c1-20-15-7-14-11(6-13(15)18)16(19)12(8-21-14)9-2-4-10(17)5-3-9/h2-8,16-19H,1H3. The molecule has 3 rings (SSSR count). The normalized spacial score (nSPS) is 16.7. The molecule has 5 nitrogen and oxygen atoms in total. The number of fused-ring (bicyclic) bond motifs is 1. The highest BCUT2D eigenvalue weighted by molar-refractivity contribution is 5.73. The molecular formula is C16H14O5. The van der Waals surface area contributed by atoms with Gasteiger partial charge in [-0.05, 0) is 23.8 Å². The van der Waals surface area contributed by atoms with Crippen molar-refractivity contribution in [3.8, 4) is 23.0 Å². The van der Waals surface area contributed by atoms with Crippen LogP contribution in [-0.2, 0) is 0 Å². The molecule has 1 heterocycles. The van der Waals surface area contributed by atoms with Crippen molar-refractivity contribution in [3.63, 3.8) is 0 Å². The summed E-state index contributed by atoms with van der Waals surface area (Å²) in [5, 5.41) is 29.6. The third-order valence-electron chi connectivity index (χ3n) is 3.41. The van der Waals surface area contributed by atoms with E-state index in [1.54, 1.807) is 12.1 Å². The molecule has 5 heteroatoms. The van der Waals surface area contributed by atoms with E-state index in [0.717, 1.165) is 5.56 Å². The molecule has 3 N–H and O–H groups in total. The van der Waals surface area contributed by atoms with Crippen LogP contribution in [0, 0.1) is 0 Å². The van der Waals surface area contributed by atoms with Gasteiger partial charge < -0.3 is 24.8 Å². The molecule has 0 aromatic heterocycles. The highest BCUT2D eigenvalue weighted by Gasteiger charge is 2.26. The Morgan fingerprint density at radius 3 is 2.48 bits per heavy atom. The van der Waals surface area contributed by atoms with Crippen molar-refractivity contribution in [1.82, 2.24) is 0 Å². The van der Waals surface area contributed by atoms with Crippen LogP contribution >= 0.6 is 0 Å². The summed E-state index contributed by atoms with van der Waals surface area (Å²) < 4.78 is 10.5. The van der Waals surface area contributed by atoms with Crippen molar-refractivity contribution in [2.75, 3.05) is 7.11 Å². The van der Waals surface area contributed by atoms with Crippen LogP contribution in [0.4, 0.5) is 0 Å². The molecule has 0 saturated heterocycles. The molecule has 21 heavy (non-hydrogen) atoms. The van der Waals surface area contributed by atoms with Crippen molar-refractivity contribution in [2.24, 2.45) is 0 Å². The highest BCUT2D eigenvalue weighted by atomic mass is 16.5. The maximum absolute atomic E-state index is 10.5. The van der Waals surface area contributed by atoms with Crippen molar-refractivity contribution < 1.29 is 24.8 Å². The fraction of sp³-hybridized carbons (Fsp3) is 0.125. The van der Waals surface area contributed by atoms with E-state index in [0.29, 0.717) is 16.9 Å². The number of hydrogen-bond donors (Lipinski definition) is 3. The molecule has 1 aliphatic rings. The monoisotopic (exact) mass is 286 g/mol. The number of ether oxygens (including phenoxy) is 2. The Kier molecular flexibility index (Phi) is 3.19. The summed E-state index contributed by atoms with van der Waals surface area (Å²) in [5.41, 5.74) is 1.73. The minimum atomic E-state index is -0.935. The van der Waals surface area contributed by atoms with Gasteiger partial charge in [-0.3, -0.25) is 0 Å². The van der Waals surface area contributed by atoms with Crippen LogP contribution in [0.2, 0.25) is 0 Å². The van der Waals surface area contributed by atoms with Gasteiger partial charge in [0.15, 0.2) is 11.5 Å². The SMILES string of the molecule is COc1cc2c(cc1O)C(O)C(c1ccc(O)cc1)=CO2. The van der Waals surface area contributed by atoms with Crippen molar-refractivity contribution in [3.05, 3.63) is 53.8 Å². The van der Waals surface area contributed by atoms with E-state index in [-0.39, 0.29) is 17.2 Å². The lowest BCUT2D eigenvalue weighted by Gasteiger charge is -2.24. The fourth-order valence-electron chi connectivity index (χ4n) is 2.28. The minimum Gasteiger partial charge on any atom is -0.508 e. The van der Waals surface area contributed by atoms with Gasteiger partial charge in [0.2, 0.25) is 0 Å². The number of rotatable bonds is 2. The van der Waals surface area contributed by atoms with Gasteiger partial charge in [0.25, 0.3) is 0 Å². The van der Waals surface area contributed by atoms with Gasteiger partial charge in [-0.2, -0.15) is 0 Å². The Morgan fingerprint density at radius 2 is 1.81 bits per heavy atom. The Bertz CT molecular complexity index is 703. The van der Waals surface area contributed by atoms with E-state index < -0.39 is 6.10 Å². The van der Waals surface area contributed by atoms with E-state index in [1.807, 2.05) is 0 Å². The summed E-state index contributed by atoms with van der Waals surface area (Å²) in [6.07, 6.45) is 0.519. The predicted octanol–water partition coefficient (Wildman–Crippen LogP) is 2.57. The van der Waals surface area contributed by atoms with Crippen LogP contribution in [-0.4, -0.2) is 22.4 Å². The summed E-state index contributed by atoms with van der Waals surface area (Å²) in [4.78, 5) is 0. The zero-order chi connectivity index (χ0) is 15.0. The summed E-state index contributed by atoms with van der Waals surface area (Å²) >= 11 is 0. The van der Waals surface area contributed by atoms with Gasteiger partial charge in [-0.15, -0.1) is 0 Å². The first-order valence-electron chi connectivity index (χ1n) is 6.35. The van der Waals surface area contributed by atoms with E-state index in [2.05, 4.69) is 0 Å². The van der Waals surface area contributed by atoms with E-state index >= 15 is 0 Å². The molecule has 0 aliphatic carbocycles. The Balaban J connectivity index is 2.01. The molecule has 1 aliphatic heterocycles. The van der Waals surface area contributed by atoms with Gasteiger partial charge in [0, 0.05) is 17.2 Å². The molecule has 2 aromatic rings. The molecule has 0 spiro atoms. The number of benzene rings is 2. The van der Waals surface area contributed by atoms with Crippen LogP contribution in [0.5, 0.6) is 23.0 Å². The number of hydrogen-bond acceptors (Lipinski definition) is 5. The van der Waals surface area contributed by atoms with Gasteiger partial charge in [0.05, 0.1) is 13.4 Å². The topological polar surface area (TPSA) is 79.2 Å². The molecular weight excluding hydrogens is 272 g/mol. The first kappa shape index (κ1) is 13.3. The maximum atomic E-state index is 10.5. The molecule has 0 radical (unpaired) electrons. The first-order valence-corrected chi connectivity index (χ1v) is 6.35. The van der Waals surface area contributed by atoms with Gasteiger partial charge in [0.1, 0.15) is 17.6 Å². The Morgan fingerprint density at radius 1 is 1.10 bits per heavy atom. The first-order chi connectivity index (χ1) is 10.1. The van der Waals surface area contributed by atoms with Crippen molar-refractivity contribution in [2.45, 2.75) is 6.10 Å². The highest BCUT2D eigenvalue weighted by Crippen LogP contribution is 2.44. The Hall–Kier alpha value is -2.66. The van der Waals surface area contributed by atoms with Gasteiger partial charge in [-0.25, -0.2) is 0 Å². The largest absolute Gasteiger partial charge is 0.508 e. The molecule has 0 fully saturated rings. The third-order valence-corrected chi connectivity index (χ3v) is 3.41. The number of aliphatic hydroxyl groups is 1. The Labute approximate surface area is 121 Å². The molecule has 0 bridgehead atoms. The zero-order valence-electron chi connectivity index (χ0n) is 11.3. The summed E-state index contributed by atoms with van der Waals surface area (Å²) in [6.45, 7) is 0. The second-order valence-electron chi connectivity index (χ2n) is 4.70. The minimum absolute atomic E-state index is 0.0640. The third kappa shape index (κ3) is 2.28. The molecule has 1 atom stereocenters. The van der Waals surface area contributed by atoms with Gasteiger partial charge >= 0.3 is 0 Å². The number of phenols is 2. The summed E-state index contributed by atoms with van der Waals surface area (Å²) in [7, 11) is 1.44. The van der Waals surface area contributed by atoms with E-state index in [1.165, 1.54) is 37.6 Å².